The monoisotopic (exact) mass is 302 g/mol. The minimum Gasteiger partial charge on any atom is -0.497 e. The minimum atomic E-state index is -0.397. The molecule has 0 fully saturated rings. The van der Waals surface area contributed by atoms with Gasteiger partial charge in [0.2, 0.25) is 0 Å². The van der Waals surface area contributed by atoms with Crippen LogP contribution in [0.5, 0.6) is 5.75 Å². The van der Waals surface area contributed by atoms with Crippen LogP contribution in [0.4, 0.5) is 0 Å². The van der Waals surface area contributed by atoms with Crippen molar-refractivity contribution in [3.05, 3.63) is 76.6 Å². The summed E-state index contributed by atoms with van der Waals surface area (Å²) in [6.45, 7) is 0. The van der Waals surface area contributed by atoms with Gasteiger partial charge in [0.1, 0.15) is 17.4 Å². The van der Waals surface area contributed by atoms with E-state index in [9.17, 15) is 10.1 Å². The second kappa shape index (κ2) is 6.20. The van der Waals surface area contributed by atoms with E-state index < -0.39 is 5.56 Å². The Morgan fingerprint density at radius 2 is 1.74 bits per heavy atom. The van der Waals surface area contributed by atoms with E-state index in [0.717, 1.165) is 11.1 Å². The van der Waals surface area contributed by atoms with Gasteiger partial charge in [-0.3, -0.25) is 4.79 Å². The normalized spacial score (nSPS) is 10.1. The van der Waals surface area contributed by atoms with E-state index in [4.69, 9.17) is 4.74 Å². The van der Waals surface area contributed by atoms with Crippen molar-refractivity contribution >= 4 is 0 Å². The molecule has 3 rings (SSSR count). The van der Waals surface area contributed by atoms with Crippen LogP contribution in [0.2, 0.25) is 0 Å². The Labute approximate surface area is 133 Å². The van der Waals surface area contributed by atoms with E-state index >= 15 is 0 Å². The van der Waals surface area contributed by atoms with Crippen LogP contribution in [0.25, 0.3) is 22.4 Å². The number of aromatic amines is 1. The van der Waals surface area contributed by atoms with Gasteiger partial charge in [0.15, 0.2) is 0 Å². The fourth-order valence-corrected chi connectivity index (χ4v) is 2.46. The van der Waals surface area contributed by atoms with Crippen LogP contribution in [-0.2, 0) is 0 Å². The second-order valence-electron chi connectivity index (χ2n) is 5.01. The molecule has 0 spiro atoms. The van der Waals surface area contributed by atoms with Gasteiger partial charge < -0.3 is 9.72 Å². The molecule has 1 N–H and O–H groups in total. The zero-order chi connectivity index (χ0) is 16.2. The van der Waals surface area contributed by atoms with Crippen molar-refractivity contribution in [2.24, 2.45) is 0 Å². The molecular weight excluding hydrogens is 288 g/mol. The number of aromatic nitrogens is 1. The molecule has 0 amide bonds. The van der Waals surface area contributed by atoms with Crippen molar-refractivity contribution in [3.8, 4) is 34.2 Å². The van der Waals surface area contributed by atoms with Crippen LogP contribution >= 0.6 is 0 Å². The Kier molecular flexibility index (Phi) is 3.94. The molecule has 23 heavy (non-hydrogen) atoms. The number of H-pyrrole nitrogens is 1. The summed E-state index contributed by atoms with van der Waals surface area (Å²) in [5, 5.41) is 9.35. The first-order chi connectivity index (χ1) is 11.2. The maximum absolute atomic E-state index is 12.3. The zero-order valence-corrected chi connectivity index (χ0v) is 12.5. The zero-order valence-electron chi connectivity index (χ0n) is 12.5. The van der Waals surface area contributed by atoms with Crippen molar-refractivity contribution < 1.29 is 4.74 Å². The Balaban J connectivity index is 2.24. The summed E-state index contributed by atoms with van der Waals surface area (Å²) in [5.41, 5.74) is 2.62. The lowest BCUT2D eigenvalue weighted by atomic mass is 9.99. The predicted molar refractivity (Wildman–Crippen MR) is 89.2 cm³/mol. The van der Waals surface area contributed by atoms with E-state index in [1.165, 1.54) is 0 Å². The first-order valence-electron chi connectivity index (χ1n) is 7.10. The number of nitrogens with one attached hydrogen (secondary N) is 1. The van der Waals surface area contributed by atoms with Gasteiger partial charge in [0.05, 0.1) is 7.11 Å². The van der Waals surface area contributed by atoms with E-state index in [1.54, 1.807) is 7.11 Å². The molecule has 4 heteroatoms. The summed E-state index contributed by atoms with van der Waals surface area (Å²) < 4.78 is 5.23. The fraction of sp³-hybridized carbons (Fsp3) is 0.0526. The van der Waals surface area contributed by atoms with Gasteiger partial charge in [-0.25, -0.2) is 0 Å². The topological polar surface area (TPSA) is 65.9 Å². The molecule has 2 aromatic carbocycles. The maximum atomic E-state index is 12.3. The van der Waals surface area contributed by atoms with Gasteiger partial charge in [0.25, 0.3) is 5.56 Å². The van der Waals surface area contributed by atoms with Gasteiger partial charge in [0, 0.05) is 11.3 Å². The molecule has 0 aliphatic carbocycles. The first kappa shape index (κ1) is 14.6. The van der Waals surface area contributed by atoms with Crippen molar-refractivity contribution in [2.75, 3.05) is 7.11 Å². The lowest BCUT2D eigenvalue weighted by molar-refractivity contribution is 0.415. The highest BCUT2D eigenvalue weighted by atomic mass is 16.5. The molecule has 1 heterocycles. The molecule has 0 bridgehead atoms. The van der Waals surface area contributed by atoms with Crippen LogP contribution < -0.4 is 10.3 Å². The number of benzene rings is 2. The summed E-state index contributed by atoms with van der Waals surface area (Å²) in [4.78, 5) is 15.1. The predicted octanol–water partition coefficient (Wildman–Crippen LogP) is 3.59. The van der Waals surface area contributed by atoms with Crippen molar-refractivity contribution in [1.82, 2.24) is 4.98 Å². The van der Waals surface area contributed by atoms with Crippen molar-refractivity contribution in [2.45, 2.75) is 0 Å². The molecule has 0 atom stereocenters. The van der Waals surface area contributed by atoms with E-state index in [0.29, 0.717) is 17.0 Å². The molecule has 3 aromatic rings. The van der Waals surface area contributed by atoms with Crippen LogP contribution in [0.1, 0.15) is 5.56 Å². The molecular formula is C19H14N2O2. The van der Waals surface area contributed by atoms with E-state index in [2.05, 4.69) is 4.98 Å². The highest BCUT2D eigenvalue weighted by molar-refractivity contribution is 5.75. The number of hydrogen-bond donors (Lipinski definition) is 1. The third-order valence-electron chi connectivity index (χ3n) is 3.61. The van der Waals surface area contributed by atoms with Crippen LogP contribution in [0.15, 0.2) is 65.5 Å². The van der Waals surface area contributed by atoms with E-state index in [1.807, 2.05) is 66.7 Å². The molecule has 0 aliphatic heterocycles. The Bertz CT molecular complexity index is 938. The van der Waals surface area contributed by atoms with E-state index in [-0.39, 0.29) is 5.56 Å². The van der Waals surface area contributed by atoms with Gasteiger partial charge in [-0.05, 0) is 29.3 Å². The molecule has 0 aliphatic rings. The lowest BCUT2D eigenvalue weighted by Crippen LogP contribution is -2.12. The maximum Gasteiger partial charge on any atom is 0.266 e. The standard InChI is InChI=1S/C19H14N2O2/c1-23-15-9-5-8-14(10-15)16-11-18(13-6-3-2-4-7-13)21-19(22)17(16)12-20/h2-11H,1H3,(H,21,22). The van der Waals surface area contributed by atoms with Crippen LogP contribution in [0, 0.1) is 11.3 Å². The highest BCUT2D eigenvalue weighted by Crippen LogP contribution is 2.28. The number of rotatable bonds is 3. The lowest BCUT2D eigenvalue weighted by Gasteiger charge is -2.09. The number of nitrogens with zero attached hydrogens (tertiary/aromatic N) is 1. The summed E-state index contributed by atoms with van der Waals surface area (Å²) in [7, 11) is 1.58. The van der Waals surface area contributed by atoms with Gasteiger partial charge in [-0.2, -0.15) is 5.26 Å². The van der Waals surface area contributed by atoms with Crippen LogP contribution in [0.3, 0.4) is 0 Å². The molecule has 0 unspecified atom stereocenters. The highest BCUT2D eigenvalue weighted by Gasteiger charge is 2.12. The van der Waals surface area contributed by atoms with Gasteiger partial charge in [-0.1, -0.05) is 42.5 Å². The second-order valence-corrected chi connectivity index (χ2v) is 5.01. The minimum absolute atomic E-state index is 0.0953. The summed E-state index contributed by atoms with van der Waals surface area (Å²) in [6.07, 6.45) is 0. The summed E-state index contributed by atoms with van der Waals surface area (Å²) in [5.74, 6) is 0.674. The molecule has 0 radical (unpaired) electrons. The summed E-state index contributed by atoms with van der Waals surface area (Å²) >= 11 is 0. The quantitative estimate of drug-likeness (QED) is 0.804. The fourth-order valence-electron chi connectivity index (χ4n) is 2.46. The average molecular weight is 302 g/mol. The third kappa shape index (κ3) is 2.85. The summed E-state index contributed by atoms with van der Waals surface area (Å²) in [6, 6.07) is 20.7. The number of hydrogen-bond acceptors (Lipinski definition) is 3. The number of nitriles is 1. The van der Waals surface area contributed by atoms with Crippen molar-refractivity contribution in [1.29, 1.82) is 5.26 Å². The molecule has 112 valence electrons. The van der Waals surface area contributed by atoms with Gasteiger partial charge in [-0.15, -0.1) is 0 Å². The Morgan fingerprint density at radius 1 is 1.00 bits per heavy atom. The SMILES string of the molecule is COc1cccc(-c2cc(-c3ccccc3)[nH]c(=O)c2C#N)c1. The van der Waals surface area contributed by atoms with Gasteiger partial charge >= 0.3 is 0 Å². The largest absolute Gasteiger partial charge is 0.497 e. The number of pyridine rings is 1. The van der Waals surface area contributed by atoms with Crippen molar-refractivity contribution in [3.63, 3.8) is 0 Å². The third-order valence-corrected chi connectivity index (χ3v) is 3.61. The Hall–Kier alpha value is -3.32. The smallest absolute Gasteiger partial charge is 0.266 e. The molecule has 0 saturated heterocycles. The molecule has 4 nitrogen and oxygen atoms in total. The van der Waals surface area contributed by atoms with Crippen LogP contribution in [-0.4, -0.2) is 12.1 Å². The number of methoxy groups -OCH3 is 1. The number of ether oxygens (including phenoxy) is 1. The molecule has 1 aromatic heterocycles. The average Bonchev–Trinajstić information content (AvgIpc) is 2.61. The Morgan fingerprint density at radius 3 is 2.43 bits per heavy atom. The molecule has 0 saturated carbocycles. The first-order valence-corrected chi connectivity index (χ1v) is 7.10.